The standard InChI is InChI=1S/C18H12N2O3/c1-2-5-14(6-3-1)22-15-10-8-13(9-11-15)17-19-20-18(23-17)16-7-4-12-21-16/h1-12H. The van der Waals surface area contributed by atoms with Crippen molar-refractivity contribution in [2.75, 3.05) is 0 Å². The molecule has 2 heterocycles. The number of rotatable bonds is 4. The van der Waals surface area contributed by atoms with Gasteiger partial charge in [0.1, 0.15) is 11.5 Å². The predicted octanol–water partition coefficient (Wildman–Crippen LogP) is 4.79. The molecule has 0 fully saturated rings. The van der Waals surface area contributed by atoms with Crippen LogP contribution in [0.4, 0.5) is 0 Å². The van der Waals surface area contributed by atoms with Gasteiger partial charge in [-0.3, -0.25) is 0 Å². The van der Waals surface area contributed by atoms with Gasteiger partial charge in [0, 0.05) is 5.56 Å². The van der Waals surface area contributed by atoms with Crippen LogP contribution >= 0.6 is 0 Å². The van der Waals surface area contributed by atoms with Crippen LogP contribution < -0.4 is 4.74 Å². The Bertz CT molecular complexity index is 882. The summed E-state index contributed by atoms with van der Waals surface area (Å²) in [5.41, 5.74) is 0.815. The van der Waals surface area contributed by atoms with Crippen LogP contribution in [0.1, 0.15) is 0 Å². The highest BCUT2D eigenvalue weighted by atomic mass is 16.5. The topological polar surface area (TPSA) is 61.3 Å². The molecule has 0 amide bonds. The van der Waals surface area contributed by atoms with Crippen molar-refractivity contribution in [1.29, 1.82) is 0 Å². The van der Waals surface area contributed by atoms with E-state index in [0.29, 0.717) is 17.5 Å². The van der Waals surface area contributed by atoms with Gasteiger partial charge in [-0.1, -0.05) is 18.2 Å². The summed E-state index contributed by atoms with van der Waals surface area (Å²) in [6.45, 7) is 0. The molecule has 0 saturated carbocycles. The smallest absolute Gasteiger partial charge is 0.283 e. The SMILES string of the molecule is c1ccc(Oc2ccc(-c3nnc(-c4ccco4)o3)cc2)cc1. The molecule has 0 aliphatic rings. The minimum atomic E-state index is 0.356. The van der Waals surface area contributed by atoms with Crippen molar-refractivity contribution in [1.82, 2.24) is 10.2 Å². The van der Waals surface area contributed by atoms with E-state index < -0.39 is 0 Å². The van der Waals surface area contributed by atoms with Gasteiger partial charge < -0.3 is 13.6 Å². The zero-order valence-corrected chi connectivity index (χ0v) is 12.0. The first kappa shape index (κ1) is 13.3. The number of hydrogen-bond acceptors (Lipinski definition) is 5. The fraction of sp³-hybridized carbons (Fsp3) is 0. The Morgan fingerprint density at radius 3 is 2.17 bits per heavy atom. The van der Waals surface area contributed by atoms with Gasteiger partial charge in [0.25, 0.3) is 5.89 Å². The Morgan fingerprint density at radius 1 is 0.696 bits per heavy atom. The van der Waals surface area contributed by atoms with E-state index >= 15 is 0 Å². The summed E-state index contributed by atoms with van der Waals surface area (Å²) >= 11 is 0. The molecule has 0 bridgehead atoms. The second-order valence-corrected chi connectivity index (χ2v) is 4.83. The lowest BCUT2D eigenvalue weighted by atomic mass is 10.2. The molecule has 0 radical (unpaired) electrons. The van der Waals surface area contributed by atoms with Gasteiger partial charge in [0.15, 0.2) is 5.76 Å². The van der Waals surface area contributed by atoms with Gasteiger partial charge in [-0.15, -0.1) is 10.2 Å². The minimum Gasteiger partial charge on any atom is -0.459 e. The van der Waals surface area contributed by atoms with Gasteiger partial charge in [-0.2, -0.15) is 0 Å². The highest BCUT2D eigenvalue weighted by molar-refractivity contribution is 5.56. The lowest BCUT2D eigenvalue weighted by molar-refractivity contribution is 0.482. The second kappa shape index (κ2) is 5.81. The first-order valence-electron chi connectivity index (χ1n) is 7.09. The van der Waals surface area contributed by atoms with Crippen molar-refractivity contribution in [3.8, 4) is 34.6 Å². The Hall–Kier alpha value is -3.34. The highest BCUT2D eigenvalue weighted by Crippen LogP contribution is 2.27. The maximum absolute atomic E-state index is 5.75. The predicted molar refractivity (Wildman–Crippen MR) is 84.0 cm³/mol. The maximum Gasteiger partial charge on any atom is 0.283 e. The molecule has 0 atom stereocenters. The number of benzene rings is 2. The third-order valence-electron chi connectivity index (χ3n) is 3.24. The summed E-state index contributed by atoms with van der Waals surface area (Å²) < 4.78 is 16.6. The van der Waals surface area contributed by atoms with Crippen molar-refractivity contribution in [3.63, 3.8) is 0 Å². The Balaban J connectivity index is 1.54. The Labute approximate surface area is 132 Å². The van der Waals surface area contributed by atoms with E-state index in [2.05, 4.69) is 10.2 Å². The molecule has 4 aromatic rings. The van der Waals surface area contributed by atoms with Crippen LogP contribution in [0.15, 0.2) is 81.8 Å². The molecule has 0 saturated heterocycles. The molecule has 5 nitrogen and oxygen atoms in total. The zero-order chi connectivity index (χ0) is 15.5. The van der Waals surface area contributed by atoms with Crippen LogP contribution in [0.5, 0.6) is 11.5 Å². The molecule has 2 aromatic carbocycles. The summed E-state index contributed by atoms with van der Waals surface area (Å²) in [4.78, 5) is 0. The van der Waals surface area contributed by atoms with E-state index in [4.69, 9.17) is 13.6 Å². The van der Waals surface area contributed by atoms with E-state index in [1.54, 1.807) is 18.4 Å². The number of nitrogens with zero attached hydrogens (tertiary/aromatic N) is 2. The Kier molecular flexibility index (Phi) is 3.37. The largest absolute Gasteiger partial charge is 0.459 e. The number of ether oxygens (including phenoxy) is 1. The average molecular weight is 304 g/mol. The van der Waals surface area contributed by atoms with Gasteiger partial charge in [0.2, 0.25) is 5.89 Å². The normalized spacial score (nSPS) is 10.6. The molecule has 0 N–H and O–H groups in total. The van der Waals surface area contributed by atoms with Gasteiger partial charge >= 0.3 is 0 Å². The number of furan rings is 1. The fourth-order valence-electron chi connectivity index (χ4n) is 2.13. The monoisotopic (exact) mass is 304 g/mol. The van der Waals surface area contributed by atoms with Crippen LogP contribution in [-0.2, 0) is 0 Å². The van der Waals surface area contributed by atoms with Crippen LogP contribution in [0, 0.1) is 0 Å². The van der Waals surface area contributed by atoms with Crippen molar-refractivity contribution < 1.29 is 13.6 Å². The van der Waals surface area contributed by atoms with Crippen LogP contribution in [0.3, 0.4) is 0 Å². The molecule has 2 aromatic heterocycles. The first-order valence-corrected chi connectivity index (χ1v) is 7.09. The third kappa shape index (κ3) is 2.85. The van der Waals surface area contributed by atoms with E-state index in [1.807, 2.05) is 54.6 Å². The number of para-hydroxylation sites is 1. The number of aromatic nitrogens is 2. The van der Waals surface area contributed by atoms with E-state index in [1.165, 1.54) is 0 Å². The van der Waals surface area contributed by atoms with Crippen LogP contribution in [0.25, 0.3) is 23.1 Å². The molecule has 0 aliphatic heterocycles. The minimum absolute atomic E-state index is 0.356. The average Bonchev–Trinajstić information content (AvgIpc) is 3.28. The molecule has 0 aliphatic carbocycles. The Morgan fingerprint density at radius 2 is 1.43 bits per heavy atom. The van der Waals surface area contributed by atoms with Gasteiger partial charge in [0.05, 0.1) is 6.26 Å². The summed E-state index contributed by atoms with van der Waals surface area (Å²) in [5, 5.41) is 8.02. The summed E-state index contributed by atoms with van der Waals surface area (Å²) in [7, 11) is 0. The molecular weight excluding hydrogens is 292 g/mol. The maximum atomic E-state index is 5.75. The lowest BCUT2D eigenvalue weighted by Gasteiger charge is -2.05. The van der Waals surface area contributed by atoms with Crippen molar-refractivity contribution in [2.45, 2.75) is 0 Å². The third-order valence-corrected chi connectivity index (χ3v) is 3.24. The molecule has 23 heavy (non-hydrogen) atoms. The van der Waals surface area contributed by atoms with Crippen molar-refractivity contribution >= 4 is 0 Å². The molecule has 4 rings (SSSR count). The summed E-state index contributed by atoms with van der Waals surface area (Å²) in [6.07, 6.45) is 1.56. The van der Waals surface area contributed by atoms with Gasteiger partial charge in [-0.25, -0.2) is 0 Å². The van der Waals surface area contributed by atoms with Crippen LogP contribution in [0.2, 0.25) is 0 Å². The molecular formula is C18H12N2O3. The van der Waals surface area contributed by atoms with Crippen LogP contribution in [-0.4, -0.2) is 10.2 Å². The van der Waals surface area contributed by atoms with Crippen molar-refractivity contribution in [2.24, 2.45) is 0 Å². The van der Waals surface area contributed by atoms with E-state index in [9.17, 15) is 0 Å². The van der Waals surface area contributed by atoms with E-state index in [-0.39, 0.29) is 0 Å². The molecule has 112 valence electrons. The van der Waals surface area contributed by atoms with Gasteiger partial charge in [-0.05, 0) is 48.5 Å². The quantitative estimate of drug-likeness (QED) is 0.542. The first-order chi connectivity index (χ1) is 11.4. The second-order valence-electron chi connectivity index (χ2n) is 4.83. The highest BCUT2D eigenvalue weighted by Gasteiger charge is 2.12. The summed E-state index contributed by atoms with van der Waals surface area (Å²) in [6, 6.07) is 20.6. The van der Waals surface area contributed by atoms with E-state index in [0.717, 1.165) is 17.1 Å². The van der Waals surface area contributed by atoms with Crippen molar-refractivity contribution in [3.05, 3.63) is 73.0 Å². The molecule has 0 spiro atoms. The number of hydrogen-bond donors (Lipinski definition) is 0. The lowest BCUT2D eigenvalue weighted by Crippen LogP contribution is -1.84. The zero-order valence-electron chi connectivity index (χ0n) is 12.0. The molecule has 5 heteroatoms. The fourth-order valence-corrected chi connectivity index (χ4v) is 2.13. The molecule has 0 unspecified atom stereocenters. The summed E-state index contributed by atoms with van der Waals surface area (Å²) in [5.74, 6) is 2.87.